The van der Waals surface area contributed by atoms with Gasteiger partial charge in [0.05, 0.1) is 6.54 Å². The SMILES string of the molecule is N=C(N)CN1CCc2ccccc21. The summed E-state index contributed by atoms with van der Waals surface area (Å²) in [4.78, 5) is 2.15. The number of nitrogens with one attached hydrogen (secondary N) is 1. The first-order valence-electron chi connectivity index (χ1n) is 4.43. The molecule has 0 fully saturated rings. The van der Waals surface area contributed by atoms with Crippen molar-refractivity contribution in [1.82, 2.24) is 0 Å². The van der Waals surface area contributed by atoms with Crippen LogP contribution in [0, 0.1) is 5.41 Å². The second-order valence-corrected chi connectivity index (χ2v) is 3.33. The lowest BCUT2D eigenvalue weighted by molar-refractivity contribution is 0.913. The standard InChI is InChI=1S/C10H13N3/c11-10(12)7-13-6-5-8-3-1-2-4-9(8)13/h1-4H,5-7H2,(H3,11,12). The highest BCUT2D eigenvalue weighted by Crippen LogP contribution is 2.26. The molecule has 68 valence electrons. The zero-order valence-electron chi connectivity index (χ0n) is 7.46. The number of rotatable bonds is 2. The molecule has 0 unspecified atom stereocenters. The zero-order chi connectivity index (χ0) is 9.26. The Hall–Kier alpha value is -1.51. The summed E-state index contributed by atoms with van der Waals surface area (Å²) in [6.07, 6.45) is 1.07. The summed E-state index contributed by atoms with van der Waals surface area (Å²) in [6.45, 7) is 1.54. The molecule has 0 saturated carbocycles. The maximum Gasteiger partial charge on any atom is 0.110 e. The van der Waals surface area contributed by atoms with E-state index in [1.165, 1.54) is 11.3 Å². The molecule has 1 heterocycles. The molecule has 1 aromatic rings. The number of benzene rings is 1. The van der Waals surface area contributed by atoms with Gasteiger partial charge in [-0.15, -0.1) is 0 Å². The van der Waals surface area contributed by atoms with E-state index < -0.39 is 0 Å². The Kier molecular flexibility index (Phi) is 1.93. The molecule has 1 aliphatic heterocycles. The minimum absolute atomic E-state index is 0.233. The van der Waals surface area contributed by atoms with Crippen molar-refractivity contribution in [3.63, 3.8) is 0 Å². The Morgan fingerprint density at radius 2 is 2.23 bits per heavy atom. The van der Waals surface area contributed by atoms with Crippen molar-refractivity contribution in [3.05, 3.63) is 29.8 Å². The molecule has 3 nitrogen and oxygen atoms in total. The van der Waals surface area contributed by atoms with E-state index >= 15 is 0 Å². The number of hydrogen-bond donors (Lipinski definition) is 2. The molecule has 0 atom stereocenters. The van der Waals surface area contributed by atoms with Crippen molar-refractivity contribution >= 4 is 11.5 Å². The van der Waals surface area contributed by atoms with Gasteiger partial charge >= 0.3 is 0 Å². The molecule has 3 N–H and O–H groups in total. The van der Waals surface area contributed by atoms with Crippen LogP contribution < -0.4 is 10.6 Å². The predicted molar refractivity (Wildman–Crippen MR) is 54.3 cm³/mol. The van der Waals surface area contributed by atoms with Crippen molar-refractivity contribution in [2.24, 2.45) is 5.73 Å². The largest absolute Gasteiger partial charge is 0.386 e. The molecule has 0 aliphatic carbocycles. The summed E-state index contributed by atoms with van der Waals surface area (Å²) < 4.78 is 0. The molecule has 0 aromatic heterocycles. The van der Waals surface area contributed by atoms with Crippen molar-refractivity contribution < 1.29 is 0 Å². The molecule has 1 aliphatic rings. The monoisotopic (exact) mass is 175 g/mol. The summed E-state index contributed by atoms with van der Waals surface area (Å²) in [6, 6.07) is 8.30. The maximum atomic E-state index is 7.24. The van der Waals surface area contributed by atoms with Crippen LogP contribution in [0.2, 0.25) is 0 Å². The lowest BCUT2D eigenvalue weighted by atomic mass is 10.2. The summed E-state index contributed by atoms with van der Waals surface area (Å²) in [5, 5.41) is 7.24. The van der Waals surface area contributed by atoms with Crippen molar-refractivity contribution in [2.75, 3.05) is 18.0 Å². The molecule has 13 heavy (non-hydrogen) atoms. The van der Waals surface area contributed by atoms with Gasteiger partial charge in [-0.3, -0.25) is 5.41 Å². The van der Waals surface area contributed by atoms with Crippen LogP contribution in [0.3, 0.4) is 0 Å². The minimum Gasteiger partial charge on any atom is -0.386 e. The molecular weight excluding hydrogens is 162 g/mol. The minimum atomic E-state index is 0.233. The lowest BCUT2D eigenvalue weighted by Gasteiger charge is -2.17. The fourth-order valence-electron chi connectivity index (χ4n) is 1.78. The Morgan fingerprint density at radius 1 is 1.46 bits per heavy atom. The average Bonchev–Trinajstić information content (AvgIpc) is 2.48. The van der Waals surface area contributed by atoms with Gasteiger partial charge in [-0.1, -0.05) is 18.2 Å². The highest BCUT2D eigenvalue weighted by Gasteiger charge is 2.17. The average molecular weight is 175 g/mol. The number of nitrogens with zero attached hydrogens (tertiary/aromatic N) is 1. The zero-order valence-corrected chi connectivity index (χ0v) is 7.46. The summed E-state index contributed by atoms with van der Waals surface area (Å²) in [5.41, 5.74) is 7.97. The van der Waals surface area contributed by atoms with Gasteiger partial charge in [0.2, 0.25) is 0 Å². The third kappa shape index (κ3) is 1.49. The van der Waals surface area contributed by atoms with Crippen LogP contribution in [0.25, 0.3) is 0 Å². The topological polar surface area (TPSA) is 53.1 Å². The van der Waals surface area contributed by atoms with E-state index in [1.54, 1.807) is 0 Å². The molecule has 3 heteroatoms. The van der Waals surface area contributed by atoms with Crippen molar-refractivity contribution in [2.45, 2.75) is 6.42 Å². The molecule has 1 aromatic carbocycles. The van der Waals surface area contributed by atoms with Gasteiger partial charge in [-0.05, 0) is 18.1 Å². The van der Waals surface area contributed by atoms with Gasteiger partial charge in [-0.25, -0.2) is 0 Å². The number of para-hydroxylation sites is 1. The summed E-state index contributed by atoms with van der Waals surface area (Å²) in [7, 11) is 0. The Morgan fingerprint density at radius 3 is 3.00 bits per heavy atom. The molecule has 0 amide bonds. The van der Waals surface area contributed by atoms with Crippen LogP contribution in [-0.2, 0) is 6.42 Å². The van der Waals surface area contributed by atoms with Crippen LogP contribution >= 0.6 is 0 Å². The van der Waals surface area contributed by atoms with Gasteiger partial charge in [0.1, 0.15) is 5.84 Å². The highest BCUT2D eigenvalue weighted by molar-refractivity contribution is 5.83. The Labute approximate surface area is 77.7 Å². The van der Waals surface area contributed by atoms with E-state index in [0.29, 0.717) is 6.54 Å². The second kappa shape index (κ2) is 3.09. The number of nitrogens with two attached hydrogens (primary N) is 1. The lowest BCUT2D eigenvalue weighted by Crippen LogP contribution is -2.31. The fraction of sp³-hybridized carbons (Fsp3) is 0.300. The fourth-order valence-corrected chi connectivity index (χ4v) is 1.78. The number of anilines is 1. The summed E-state index contributed by atoms with van der Waals surface area (Å²) >= 11 is 0. The van der Waals surface area contributed by atoms with E-state index in [9.17, 15) is 0 Å². The van der Waals surface area contributed by atoms with Crippen LogP contribution in [0.1, 0.15) is 5.56 Å². The molecular formula is C10H13N3. The number of hydrogen-bond acceptors (Lipinski definition) is 2. The van der Waals surface area contributed by atoms with E-state index in [4.69, 9.17) is 11.1 Å². The maximum absolute atomic E-state index is 7.24. The first-order valence-corrected chi connectivity index (χ1v) is 4.43. The predicted octanol–water partition coefficient (Wildman–Crippen LogP) is 0.985. The van der Waals surface area contributed by atoms with Crippen molar-refractivity contribution in [1.29, 1.82) is 5.41 Å². The van der Waals surface area contributed by atoms with Crippen LogP contribution in [0.15, 0.2) is 24.3 Å². The highest BCUT2D eigenvalue weighted by atomic mass is 15.2. The van der Waals surface area contributed by atoms with E-state index in [1.807, 2.05) is 6.07 Å². The van der Waals surface area contributed by atoms with Gasteiger partial charge in [0, 0.05) is 12.2 Å². The Balaban J connectivity index is 2.23. The third-order valence-corrected chi connectivity index (χ3v) is 2.34. The molecule has 2 rings (SSSR count). The molecule has 0 spiro atoms. The second-order valence-electron chi connectivity index (χ2n) is 3.33. The number of amidine groups is 1. The van der Waals surface area contributed by atoms with Gasteiger partial charge in [-0.2, -0.15) is 0 Å². The molecule has 0 bridgehead atoms. The third-order valence-electron chi connectivity index (χ3n) is 2.34. The Bertz CT molecular complexity index is 333. The van der Waals surface area contributed by atoms with Gasteiger partial charge in [0.25, 0.3) is 0 Å². The van der Waals surface area contributed by atoms with Crippen LogP contribution in [0.4, 0.5) is 5.69 Å². The van der Waals surface area contributed by atoms with Crippen LogP contribution in [0.5, 0.6) is 0 Å². The van der Waals surface area contributed by atoms with Gasteiger partial charge < -0.3 is 10.6 Å². The van der Waals surface area contributed by atoms with E-state index in [-0.39, 0.29) is 5.84 Å². The van der Waals surface area contributed by atoms with Gasteiger partial charge in [0.15, 0.2) is 0 Å². The van der Waals surface area contributed by atoms with Crippen LogP contribution in [-0.4, -0.2) is 18.9 Å². The summed E-state index contributed by atoms with van der Waals surface area (Å²) in [5.74, 6) is 0.233. The first-order chi connectivity index (χ1) is 6.27. The molecule has 0 saturated heterocycles. The van der Waals surface area contributed by atoms with E-state index in [0.717, 1.165) is 13.0 Å². The quantitative estimate of drug-likeness (QED) is 0.520. The first kappa shape index (κ1) is 8.10. The number of fused-ring (bicyclic) bond motifs is 1. The van der Waals surface area contributed by atoms with E-state index in [2.05, 4.69) is 23.1 Å². The smallest absolute Gasteiger partial charge is 0.110 e. The normalized spacial score (nSPS) is 14.3. The van der Waals surface area contributed by atoms with Crippen molar-refractivity contribution in [3.8, 4) is 0 Å². The molecule has 0 radical (unpaired) electrons.